The van der Waals surface area contributed by atoms with Gasteiger partial charge < -0.3 is 15.0 Å². The Morgan fingerprint density at radius 1 is 1.10 bits per heavy atom. The minimum Gasteiger partial charge on any atom is -0.489 e. The number of carbonyl (C=O) groups is 1. The average molecular weight is 423 g/mol. The third kappa shape index (κ3) is 6.08. The molecule has 1 N–H and O–H groups in total. The van der Waals surface area contributed by atoms with Crippen LogP contribution in [0.2, 0.25) is 5.02 Å². The molecule has 0 bridgehead atoms. The highest BCUT2D eigenvalue weighted by atomic mass is 35.5. The molecule has 2 aliphatic carbocycles. The standard InChI is InChI=1S/C23H32ClFN2O2/c24-21-15-18(25)5-8-22(21)29-20-10-13-27(14-11-20)12-9-16-1-6-19(7-2-16)26-23(28)17-3-4-17/h5,8,15-17,19-20H,1-4,6-7,9-14H2,(H,26,28). The minimum atomic E-state index is -0.337. The first kappa shape index (κ1) is 20.9. The summed E-state index contributed by atoms with van der Waals surface area (Å²) >= 11 is 6.07. The highest BCUT2D eigenvalue weighted by Gasteiger charge is 2.32. The number of piperidine rings is 1. The van der Waals surface area contributed by atoms with E-state index in [2.05, 4.69) is 10.2 Å². The number of hydrogen-bond donors (Lipinski definition) is 1. The summed E-state index contributed by atoms with van der Waals surface area (Å²) < 4.78 is 19.2. The molecule has 29 heavy (non-hydrogen) atoms. The molecule has 6 heteroatoms. The van der Waals surface area contributed by atoms with Crippen molar-refractivity contribution < 1.29 is 13.9 Å². The average Bonchev–Trinajstić information content (AvgIpc) is 3.56. The molecular weight excluding hydrogens is 391 g/mol. The van der Waals surface area contributed by atoms with Crippen LogP contribution in [0.1, 0.15) is 57.8 Å². The number of benzene rings is 1. The number of rotatable bonds is 7. The van der Waals surface area contributed by atoms with Crippen LogP contribution in [-0.4, -0.2) is 42.6 Å². The van der Waals surface area contributed by atoms with E-state index in [1.807, 2.05) is 0 Å². The predicted molar refractivity (Wildman–Crippen MR) is 113 cm³/mol. The van der Waals surface area contributed by atoms with Crippen LogP contribution in [0.25, 0.3) is 0 Å². The lowest BCUT2D eigenvalue weighted by molar-refractivity contribution is -0.123. The molecular formula is C23H32ClFN2O2. The van der Waals surface area contributed by atoms with E-state index in [9.17, 15) is 9.18 Å². The molecule has 2 saturated carbocycles. The van der Waals surface area contributed by atoms with Gasteiger partial charge in [-0.15, -0.1) is 0 Å². The molecule has 1 aliphatic heterocycles. The van der Waals surface area contributed by atoms with Gasteiger partial charge in [-0.3, -0.25) is 4.79 Å². The molecule has 0 atom stereocenters. The van der Waals surface area contributed by atoms with E-state index in [4.69, 9.17) is 16.3 Å². The molecule has 0 aromatic heterocycles. The van der Waals surface area contributed by atoms with Gasteiger partial charge in [-0.2, -0.15) is 0 Å². The number of hydrogen-bond acceptors (Lipinski definition) is 3. The van der Waals surface area contributed by atoms with Crippen LogP contribution < -0.4 is 10.1 Å². The van der Waals surface area contributed by atoms with Gasteiger partial charge in [0.1, 0.15) is 17.7 Å². The third-order valence-electron chi connectivity index (χ3n) is 6.72. The topological polar surface area (TPSA) is 41.6 Å². The monoisotopic (exact) mass is 422 g/mol. The van der Waals surface area contributed by atoms with E-state index in [0.717, 1.165) is 64.1 Å². The highest BCUT2D eigenvalue weighted by Crippen LogP contribution is 2.32. The summed E-state index contributed by atoms with van der Waals surface area (Å²) in [6, 6.07) is 4.72. The Hall–Kier alpha value is -1.33. The largest absolute Gasteiger partial charge is 0.489 e. The van der Waals surface area contributed by atoms with Gasteiger partial charge in [-0.1, -0.05) is 11.6 Å². The molecule has 3 fully saturated rings. The number of nitrogens with one attached hydrogen (secondary N) is 1. The van der Waals surface area contributed by atoms with Crippen LogP contribution in [-0.2, 0) is 4.79 Å². The van der Waals surface area contributed by atoms with Crippen molar-refractivity contribution in [3.05, 3.63) is 29.0 Å². The molecule has 4 rings (SSSR count). The summed E-state index contributed by atoms with van der Waals surface area (Å²) in [6.45, 7) is 3.22. The second-order valence-corrected chi connectivity index (χ2v) is 9.43. The summed E-state index contributed by atoms with van der Waals surface area (Å²) in [5.41, 5.74) is 0. The van der Waals surface area contributed by atoms with Gasteiger partial charge in [-0.05, 0) is 88.4 Å². The zero-order valence-electron chi connectivity index (χ0n) is 17.0. The Bertz CT molecular complexity index is 696. The maximum Gasteiger partial charge on any atom is 0.223 e. The molecule has 1 aromatic carbocycles. The zero-order chi connectivity index (χ0) is 20.2. The zero-order valence-corrected chi connectivity index (χ0v) is 17.8. The number of carbonyl (C=O) groups excluding carboxylic acids is 1. The van der Waals surface area contributed by atoms with E-state index in [-0.39, 0.29) is 11.9 Å². The van der Waals surface area contributed by atoms with Crippen LogP contribution in [0.3, 0.4) is 0 Å². The lowest BCUT2D eigenvalue weighted by atomic mass is 9.84. The van der Waals surface area contributed by atoms with Crippen LogP contribution >= 0.6 is 11.6 Å². The number of halogens is 2. The van der Waals surface area contributed by atoms with Gasteiger partial charge in [0.2, 0.25) is 5.91 Å². The van der Waals surface area contributed by atoms with Crippen LogP contribution in [0.15, 0.2) is 18.2 Å². The second kappa shape index (κ2) is 9.65. The molecule has 1 amide bonds. The molecule has 4 nitrogen and oxygen atoms in total. The molecule has 1 aromatic rings. The van der Waals surface area contributed by atoms with Gasteiger partial charge in [-0.25, -0.2) is 4.39 Å². The fraction of sp³-hybridized carbons (Fsp3) is 0.696. The van der Waals surface area contributed by atoms with Crippen molar-refractivity contribution in [2.24, 2.45) is 11.8 Å². The van der Waals surface area contributed by atoms with Crippen molar-refractivity contribution >= 4 is 17.5 Å². The Morgan fingerprint density at radius 3 is 2.48 bits per heavy atom. The van der Waals surface area contributed by atoms with E-state index in [1.165, 1.54) is 31.4 Å². The van der Waals surface area contributed by atoms with Crippen molar-refractivity contribution in [2.75, 3.05) is 19.6 Å². The van der Waals surface area contributed by atoms with E-state index >= 15 is 0 Å². The first-order valence-corrected chi connectivity index (χ1v) is 11.6. The maximum atomic E-state index is 13.2. The Balaban J connectivity index is 1.11. The quantitative estimate of drug-likeness (QED) is 0.686. The van der Waals surface area contributed by atoms with Crippen molar-refractivity contribution in [3.63, 3.8) is 0 Å². The molecule has 160 valence electrons. The number of amides is 1. The number of nitrogens with zero attached hydrogens (tertiary/aromatic N) is 1. The second-order valence-electron chi connectivity index (χ2n) is 9.02. The smallest absolute Gasteiger partial charge is 0.223 e. The molecule has 3 aliphatic rings. The SMILES string of the molecule is O=C(NC1CCC(CCN2CCC(Oc3ccc(F)cc3Cl)CC2)CC1)C1CC1. The van der Waals surface area contributed by atoms with Crippen LogP contribution in [0, 0.1) is 17.7 Å². The summed E-state index contributed by atoms with van der Waals surface area (Å²) in [5.74, 6) is 1.64. The van der Waals surface area contributed by atoms with Crippen LogP contribution in [0.4, 0.5) is 4.39 Å². The van der Waals surface area contributed by atoms with E-state index in [1.54, 1.807) is 6.07 Å². The summed E-state index contributed by atoms with van der Waals surface area (Å²) in [4.78, 5) is 14.4. The van der Waals surface area contributed by atoms with Crippen LogP contribution in [0.5, 0.6) is 5.75 Å². The normalized spacial score (nSPS) is 26.3. The summed E-state index contributed by atoms with van der Waals surface area (Å²) in [7, 11) is 0. The molecule has 0 radical (unpaired) electrons. The Kier molecular flexibility index (Phi) is 6.96. The first-order chi connectivity index (χ1) is 14.1. The molecule has 1 heterocycles. The van der Waals surface area contributed by atoms with Gasteiger partial charge in [0.25, 0.3) is 0 Å². The van der Waals surface area contributed by atoms with Crippen molar-refractivity contribution in [2.45, 2.75) is 69.9 Å². The van der Waals surface area contributed by atoms with Crippen molar-refractivity contribution in [1.29, 1.82) is 0 Å². The summed E-state index contributed by atoms with van der Waals surface area (Å²) in [5, 5.41) is 3.59. The fourth-order valence-electron chi connectivity index (χ4n) is 4.63. The predicted octanol–water partition coefficient (Wildman–Crippen LogP) is 4.80. The van der Waals surface area contributed by atoms with Crippen molar-refractivity contribution in [3.8, 4) is 5.75 Å². The van der Waals surface area contributed by atoms with Gasteiger partial charge in [0, 0.05) is 25.0 Å². The number of likely N-dealkylation sites (tertiary alicyclic amines) is 1. The lowest BCUT2D eigenvalue weighted by Gasteiger charge is -2.34. The van der Waals surface area contributed by atoms with Gasteiger partial charge >= 0.3 is 0 Å². The molecule has 0 unspecified atom stereocenters. The van der Waals surface area contributed by atoms with Crippen molar-refractivity contribution in [1.82, 2.24) is 10.2 Å². The van der Waals surface area contributed by atoms with Gasteiger partial charge in [0.05, 0.1) is 5.02 Å². The minimum absolute atomic E-state index is 0.153. The first-order valence-electron chi connectivity index (χ1n) is 11.2. The highest BCUT2D eigenvalue weighted by molar-refractivity contribution is 6.32. The Morgan fingerprint density at radius 2 is 1.83 bits per heavy atom. The molecule has 0 spiro atoms. The fourth-order valence-corrected chi connectivity index (χ4v) is 4.84. The lowest BCUT2D eigenvalue weighted by Crippen LogP contribution is -2.40. The molecule has 1 saturated heterocycles. The number of ether oxygens (including phenoxy) is 1. The Labute approximate surface area is 178 Å². The third-order valence-corrected chi connectivity index (χ3v) is 7.01. The maximum absolute atomic E-state index is 13.2. The van der Waals surface area contributed by atoms with Gasteiger partial charge in [0.15, 0.2) is 0 Å². The van der Waals surface area contributed by atoms with E-state index < -0.39 is 0 Å². The van der Waals surface area contributed by atoms with E-state index in [0.29, 0.717) is 28.6 Å². The summed E-state index contributed by atoms with van der Waals surface area (Å²) in [6.07, 6.45) is 10.3.